The number of piperidine rings is 1. The van der Waals surface area contributed by atoms with E-state index in [0.29, 0.717) is 12.0 Å². The molecule has 0 radical (unpaired) electrons. The molecule has 0 spiro atoms. The predicted octanol–water partition coefficient (Wildman–Crippen LogP) is 3.37. The lowest BCUT2D eigenvalue weighted by Gasteiger charge is -2.23. The molecule has 1 unspecified atom stereocenters. The van der Waals surface area contributed by atoms with Crippen LogP contribution in [0.2, 0.25) is 0 Å². The number of pyridine rings is 1. The SMILES string of the molecule is CC(C)c1cn2cccc(OCCC3CCCCN3)c2n1. The second-order valence-electron chi connectivity index (χ2n) is 6.21. The summed E-state index contributed by atoms with van der Waals surface area (Å²) in [5, 5.41) is 3.56. The lowest BCUT2D eigenvalue weighted by molar-refractivity contribution is 0.269. The molecule has 1 N–H and O–H groups in total. The molecule has 3 rings (SSSR count). The number of nitrogens with zero attached hydrogens (tertiary/aromatic N) is 2. The van der Waals surface area contributed by atoms with Gasteiger partial charge in [0.05, 0.1) is 12.3 Å². The molecule has 0 aliphatic carbocycles. The highest BCUT2D eigenvalue weighted by atomic mass is 16.5. The summed E-state index contributed by atoms with van der Waals surface area (Å²) in [4.78, 5) is 4.70. The van der Waals surface area contributed by atoms with Crippen LogP contribution in [-0.2, 0) is 0 Å². The summed E-state index contributed by atoms with van der Waals surface area (Å²) in [5.74, 6) is 1.32. The Morgan fingerprint density at radius 1 is 1.43 bits per heavy atom. The molecule has 1 saturated heterocycles. The second-order valence-corrected chi connectivity index (χ2v) is 6.21. The first-order chi connectivity index (χ1) is 10.2. The lowest BCUT2D eigenvalue weighted by atomic mass is 10.0. The Balaban J connectivity index is 1.65. The van der Waals surface area contributed by atoms with Gasteiger partial charge < -0.3 is 14.5 Å². The first kappa shape index (κ1) is 14.4. The van der Waals surface area contributed by atoms with Crippen molar-refractivity contribution in [1.82, 2.24) is 14.7 Å². The van der Waals surface area contributed by atoms with Crippen LogP contribution >= 0.6 is 0 Å². The van der Waals surface area contributed by atoms with E-state index in [-0.39, 0.29) is 0 Å². The molecule has 4 heteroatoms. The zero-order chi connectivity index (χ0) is 14.7. The van der Waals surface area contributed by atoms with Gasteiger partial charge in [-0.2, -0.15) is 0 Å². The van der Waals surface area contributed by atoms with Crippen LogP contribution in [0.1, 0.15) is 51.1 Å². The zero-order valence-electron chi connectivity index (χ0n) is 13.0. The summed E-state index contributed by atoms with van der Waals surface area (Å²) in [7, 11) is 0. The molecule has 1 aliphatic heterocycles. The molecular weight excluding hydrogens is 262 g/mol. The minimum absolute atomic E-state index is 0.434. The van der Waals surface area contributed by atoms with E-state index in [2.05, 4.69) is 29.8 Å². The second kappa shape index (κ2) is 6.48. The molecule has 1 atom stereocenters. The first-order valence-corrected chi connectivity index (χ1v) is 8.08. The smallest absolute Gasteiger partial charge is 0.179 e. The quantitative estimate of drug-likeness (QED) is 0.916. The molecule has 114 valence electrons. The molecule has 3 heterocycles. The Bertz CT molecular complexity index is 585. The number of aromatic nitrogens is 2. The van der Waals surface area contributed by atoms with Gasteiger partial charge in [-0.05, 0) is 43.9 Å². The molecule has 0 bridgehead atoms. The van der Waals surface area contributed by atoms with Crippen LogP contribution in [0.4, 0.5) is 0 Å². The maximum Gasteiger partial charge on any atom is 0.179 e. The van der Waals surface area contributed by atoms with Crippen molar-refractivity contribution in [1.29, 1.82) is 0 Å². The Hall–Kier alpha value is -1.55. The molecule has 0 amide bonds. The van der Waals surface area contributed by atoms with Crippen molar-refractivity contribution in [3.8, 4) is 5.75 Å². The van der Waals surface area contributed by atoms with Gasteiger partial charge in [0.15, 0.2) is 11.4 Å². The van der Waals surface area contributed by atoms with Crippen molar-refractivity contribution in [3.63, 3.8) is 0 Å². The van der Waals surface area contributed by atoms with Crippen molar-refractivity contribution in [2.24, 2.45) is 0 Å². The van der Waals surface area contributed by atoms with Gasteiger partial charge >= 0.3 is 0 Å². The Morgan fingerprint density at radius 3 is 3.10 bits per heavy atom. The van der Waals surface area contributed by atoms with E-state index in [4.69, 9.17) is 9.72 Å². The summed E-state index contributed by atoms with van der Waals surface area (Å²) in [6.07, 6.45) is 9.11. The highest BCUT2D eigenvalue weighted by molar-refractivity contribution is 5.54. The van der Waals surface area contributed by atoms with Gasteiger partial charge in [-0.3, -0.25) is 0 Å². The zero-order valence-corrected chi connectivity index (χ0v) is 13.0. The van der Waals surface area contributed by atoms with Gasteiger partial charge in [0.2, 0.25) is 0 Å². The third-order valence-electron chi connectivity index (χ3n) is 4.19. The highest BCUT2D eigenvalue weighted by Crippen LogP contribution is 2.22. The summed E-state index contributed by atoms with van der Waals surface area (Å²) in [6, 6.07) is 4.65. The van der Waals surface area contributed by atoms with E-state index in [1.165, 1.54) is 19.3 Å². The standard InChI is InChI=1S/C17H25N3O/c1-13(2)15-12-20-10-5-7-16(17(20)19-15)21-11-8-14-6-3-4-9-18-14/h5,7,10,12-14,18H,3-4,6,8-9,11H2,1-2H3. The molecule has 1 fully saturated rings. The summed E-state index contributed by atoms with van der Waals surface area (Å²) < 4.78 is 8.05. The van der Waals surface area contributed by atoms with Crippen molar-refractivity contribution < 1.29 is 4.74 Å². The highest BCUT2D eigenvalue weighted by Gasteiger charge is 2.13. The average Bonchev–Trinajstić information content (AvgIpc) is 2.94. The van der Waals surface area contributed by atoms with Gasteiger partial charge in [0.1, 0.15) is 0 Å². The summed E-state index contributed by atoms with van der Waals surface area (Å²) in [5.41, 5.74) is 2.04. The van der Waals surface area contributed by atoms with Crippen molar-refractivity contribution in [2.75, 3.05) is 13.2 Å². The van der Waals surface area contributed by atoms with Gasteiger partial charge in [0.25, 0.3) is 0 Å². The van der Waals surface area contributed by atoms with Gasteiger partial charge in [-0.1, -0.05) is 20.3 Å². The van der Waals surface area contributed by atoms with E-state index in [9.17, 15) is 0 Å². The predicted molar refractivity (Wildman–Crippen MR) is 85.0 cm³/mol. The van der Waals surface area contributed by atoms with Crippen LogP contribution in [-0.4, -0.2) is 28.6 Å². The van der Waals surface area contributed by atoms with Crippen LogP contribution in [0.5, 0.6) is 5.75 Å². The Kier molecular flexibility index (Phi) is 4.44. The maximum absolute atomic E-state index is 5.99. The number of hydrogen-bond acceptors (Lipinski definition) is 3. The molecule has 21 heavy (non-hydrogen) atoms. The lowest BCUT2D eigenvalue weighted by Crippen LogP contribution is -2.35. The number of hydrogen-bond donors (Lipinski definition) is 1. The Labute approximate surface area is 126 Å². The molecule has 2 aromatic heterocycles. The molecule has 4 nitrogen and oxygen atoms in total. The third-order valence-corrected chi connectivity index (χ3v) is 4.19. The van der Waals surface area contributed by atoms with Crippen LogP contribution in [0.3, 0.4) is 0 Å². The van der Waals surface area contributed by atoms with E-state index in [1.54, 1.807) is 0 Å². The number of imidazole rings is 1. The molecule has 0 saturated carbocycles. The van der Waals surface area contributed by atoms with Gasteiger partial charge in [-0.15, -0.1) is 0 Å². The molecule has 2 aromatic rings. The van der Waals surface area contributed by atoms with E-state index in [1.807, 2.05) is 18.3 Å². The van der Waals surface area contributed by atoms with Crippen molar-refractivity contribution >= 4 is 5.65 Å². The fourth-order valence-electron chi connectivity index (χ4n) is 2.88. The Morgan fingerprint density at radius 2 is 2.33 bits per heavy atom. The normalized spacial score (nSPS) is 19.3. The van der Waals surface area contributed by atoms with Crippen LogP contribution in [0.15, 0.2) is 24.5 Å². The largest absolute Gasteiger partial charge is 0.490 e. The van der Waals surface area contributed by atoms with E-state index < -0.39 is 0 Å². The van der Waals surface area contributed by atoms with Crippen LogP contribution < -0.4 is 10.1 Å². The van der Waals surface area contributed by atoms with E-state index >= 15 is 0 Å². The summed E-state index contributed by atoms with van der Waals surface area (Å²) in [6.45, 7) is 6.23. The van der Waals surface area contributed by atoms with Gasteiger partial charge in [-0.25, -0.2) is 4.98 Å². The molecule has 0 aromatic carbocycles. The molecular formula is C17H25N3O. The average molecular weight is 287 g/mol. The van der Waals surface area contributed by atoms with Crippen molar-refractivity contribution in [2.45, 2.75) is 51.5 Å². The fourth-order valence-corrected chi connectivity index (χ4v) is 2.88. The number of ether oxygens (including phenoxy) is 1. The monoisotopic (exact) mass is 287 g/mol. The van der Waals surface area contributed by atoms with E-state index in [0.717, 1.165) is 36.7 Å². The van der Waals surface area contributed by atoms with Gasteiger partial charge in [0, 0.05) is 18.4 Å². The fraction of sp³-hybridized carbons (Fsp3) is 0.588. The van der Waals surface area contributed by atoms with Crippen molar-refractivity contribution in [3.05, 3.63) is 30.2 Å². The molecule has 1 aliphatic rings. The maximum atomic E-state index is 5.99. The minimum atomic E-state index is 0.434. The number of fused-ring (bicyclic) bond motifs is 1. The van der Waals surface area contributed by atoms with Crippen LogP contribution in [0.25, 0.3) is 5.65 Å². The number of rotatable bonds is 5. The van der Waals surface area contributed by atoms with Crippen LogP contribution in [0, 0.1) is 0 Å². The third kappa shape index (κ3) is 3.38. The topological polar surface area (TPSA) is 38.6 Å². The minimum Gasteiger partial charge on any atom is -0.490 e. The first-order valence-electron chi connectivity index (χ1n) is 8.08. The number of nitrogens with one attached hydrogen (secondary N) is 1. The summed E-state index contributed by atoms with van der Waals surface area (Å²) >= 11 is 0.